The normalized spacial score (nSPS) is 24.8. The highest BCUT2D eigenvalue weighted by molar-refractivity contribution is 7.89. The predicted molar refractivity (Wildman–Crippen MR) is 66.0 cm³/mol. The van der Waals surface area contributed by atoms with E-state index in [2.05, 4.69) is 10.2 Å². The Morgan fingerprint density at radius 1 is 1.53 bits per heavy atom. The highest BCUT2D eigenvalue weighted by atomic mass is 32.2. The van der Waals surface area contributed by atoms with Crippen molar-refractivity contribution in [3.63, 3.8) is 0 Å². The first-order valence-electron chi connectivity index (χ1n) is 5.72. The Morgan fingerprint density at radius 2 is 2.16 bits per heavy atom. The molecule has 0 radical (unpaired) electrons. The monoisotopic (exact) mass is 288 g/mol. The maximum absolute atomic E-state index is 12.5. The first-order chi connectivity index (χ1) is 8.68. The van der Waals surface area contributed by atoms with Gasteiger partial charge in [0.15, 0.2) is 0 Å². The third-order valence-corrected chi connectivity index (χ3v) is 5.46. The van der Waals surface area contributed by atoms with Gasteiger partial charge in [-0.1, -0.05) is 0 Å². The molecule has 0 aromatic carbocycles. The summed E-state index contributed by atoms with van der Waals surface area (Å²) in [5, 5.41) is 15.5. The van der Waals surface area contributed by atoms with Crippen LogP contribution in [0.5, 0.6) is 0 Å². The number of sulfonamides is 1. The topological polar surface area (TPSA) is 129 Å². The molecule has 9 heteroatoms. The van der Waals surface area contributed by atoms with Gasteiger partial charge in [-0.15, -0.1) is 0 Å². The summed E-state index contributed by atoms with van der Waals surface area (Å²) >= 11 is 0. The zero-order chi connectivity index (χ0) is 14.4. The number of nitrogens with two attached hydrogens (primary N) is 1. The molecule has 2 heterocycles. The molecule has 2 rings (SSSR count). The number of carboxylic acids is 1. The molecule has 19 heavy (non-hydrogen) atoms. The summed E-state index contributed by atoms with van der Waals surface area (Å²) in [5.74, 6) is -1.19. The van der Waals surface area contributed by atoms with Gasteiger partial charge in [0.2, 0.25) is 10.0 Å². The molecule has 0 amide bonds. The van der Waals surface area contributed by atoms with Gasteiger partial charge in [0.1, 0.15) is 10.4 Å². The molecule has 1 fully saturated rings. The Kier molecular flexibility index (Phi) is 3.15. The van der Waals surface area contributed by atoms with Crippen LogP contribution in [0, 0.1) is 13.8 Å². The van der Waals surface area contributed by atoms with Gasteiger partial charge in [-0.2, -0.15) is 9.40 Å². The number of aromatic amines is 1. The van der Waals surface area contributed by atoms with Gasteiger partial charge in [0, 0.05) is 13.1 Å². The van der Waals surface area contributed by atoms with Crippen molar-refractivity contribution in [3.8, 4) is 0 Å². The Bertz CT molecular complexity index is 604. The second-order valence-corrected chi connectivity index (χ2v) is 6.69. The van der Waals surface area contributed by atoms with Crippen LogP contribution in [-0.2, 0) is 14.8 Å². The number of carbonyl (C=O) groups is 1. The Labute approximate surface area is 110 Å². The van der Waals surface area contributed by atoms with Crippen LogP contribution < -0.4 is 5.73 Å². The minimum Gasteiger partial charge on any atom is -0.480 e. The number of H-pyrrole nitrogens is 1. The van der Waals surface area contributed by atoms with Crippen molar-refractivity contribution in [2.75, 3.05) is 13.1 Å². The summed E-state index contributed by atoms with van der Waals surface area (Å²) in [5.41, 5.74) is 4.97. The van der Waals surface area contributed by atoms with Crippen molar-refractivity contribution in [2.45, 2.75) is 30.7 Å². The number of carboxylic acid groups (broad SMARTS) is 1. The van der Waals surface area contributed by atoms with Crippen LogP contribution in [0.3, 0.4) is 0 Å². The molecule has 1 aliphatic rings. The van der Waals surface area contributed by atoms with E-state index in [1.807, 2.05) is 0 Å². The molecule has 1 unspecified atom stereocenters. The molecule has 0 aliphatic carbocycles. The third-order valence-electron chi connectivity index (χ3n) is 3.35. The maximum Gasteiger partial charge on any atom is 0.325 e. The van der Waals surface area contributed by atoms with Gasteiger partial charge >= 0.3 is 5.97 Å². The molecule has 1 aromatic heterocycles. The molecular weight excluding hydrogens is 272 g/mol. The van der Waals surface area contributed by atoms with Gasteiger partial charge < -0.3 is 10.8 Å². The summed E-state index contributed by atoms with van der Waals surface area (Å²) in [4.78, 5) is 11.2. The number of aryl methyl sites for hydroxylation is 2. The van der Waals surface area contributed by atoms with Crippen molar-refractivity contribution in [1.82, 2.24) is 14.5 Å². The van der Waals surface area contributed by atoms with E-state index in [9.17, 15) is 13.2 Å². The number of nitrogens with one attached hydrogen (secondary N) is 1. The Hall–Kier alpha value is -1.45. The van der Waals surface area contributed by atoms with Gasteiger partial charge in [0.25, 0.3) is 0 Å². The van der Waals surface area contributed by atoms with E-state index in [4.69, 9.17) is 10.8 Å². The average Bonchev–Trinajstić information content (AvgIpc) is 2.84. The van der Waals surface area contributed by atoms with E-state index in [0.29, 0.717) is 11.4 Å². The lowest BCUT2D eigenvalue weighted by Crippen LogP contribution is -2.50. The highest BCUT2D eigenvalue weighted by Gasteiger charge is 2.46. The number of hydrogen-bond donors (Lipinski definition) is 3. The zero-order valence-electron chi connectivity index (χ0n) is 10.7. The zero-order valence-corrected chi connectivity index (χ0v) is 11.5. The third kappa shape index (κ3) is 2.13. The van der Waals surface area contributed by atoms with E-state index in [1.165, 1.54) is 0 Å². The summed E-state index contributed by atoms with van der Waals surface area (Å²) in [6, 6.07) is 0. The van der Waals surface area contributed by atoms with Crippen molar-refractivity contribution in [2.24, 2.45) is 5.73 Å². The summed E-state index contributed by atoms with van der Waals surface area (Å²) in [6.45, 7) is 3.05. The van der Waals surface area contributed by atoms with E-state index >= 15 is 0 Å². The van der Waals surface area contributed by atoms with Crippen LogP contribution in [-0.4, -0.2) is 52.6 Å². The van der Waals surface area contributed by atoms with Gasteiger partial charge in [-0.05, 0) is 20.3 Å². The SMILES string of the molecule is Cc1n[nH]c(C)c1S(=O)(=O)N1CCC(N)(C(=O)O)C1. The largest absolute Gasteiger partial charge is 0.480 e. The van der Waals surface area contributed by atoms with Crippen LogP contribution in [0.4, 0.5) is 0 Å². The van der Waals surface area contributed by atoms with E-state index in [1.54, 1.807) is 13.8 Å². The molecule has 0 saturated carbocycles. The molecule has 1 aliphatic heterocycles. The molecule has 8 nitrogen and oxygen atoms in total. The van der Waals surface area contributed by atoms with Crippen LogP contribution in [0.15, 0.2) is 4.90 Å². The number of hydrogen-bond acceptors (Lipinski definition) is 5. The molecule has 106 valence electrons. The van der Waals surface area contributed by atoms with Crippen molar-refractivity contribution in [3.05, 3.63) is 11.4 Å². The molecule has 1 aromatic rings. The van der Waals surface area contributed by atoms with Crippen molar-refractivity contribution >= 4 is 16.0 Å². The lowest BCUT2D eigenvalue weighted by atomic mass is 10.0. The Morgan fingerprint density at radius 3 is 2.58 bits per heavy atom. The second-order valence-electron chi connectivity index (χ2n) is 4.81. The fourth-order valence-corrected chi connectivity index (χ4v) is 4.07. The number of aromatic nitrogens is 2. The summed E-state index contributed by atoms with van der Waals surface area (Å²) in [7, 11) is -3.77. The molecule has 0 spiro atoms. The van der Waals surface area contributed by atoms with Crippen molar-refractivity contribution < 1.29 is 18.3 Å². The van der Waals surface area contributed by atoms with Crippen LogP contribution >= 0.6 is 0 Å². The highest BCUT2D eigenvalue weighted by Crippen LogP contribution is 2.28. The fourth-order valence-electron chi connectivity index (χ4n) is 2.23. The Balaban J connectivity index is 2.36. The van der Waals surface area contributed by atoms with E-state index in [-0.39, 0.29) is 24.4 Å². The maximum atomic E-state index is 12.5. The first-order valence-corrected chi connectivity index (χ1v) is 7.16. The minimum absolute atomic E-state index is 0.0925. The van der Waals surface area contributed by atoms with Crippen molar-refractivity contribution in [1.29, 1.82) is 0 Å². The quantitative estimate of drug-likeness (QED) is 0.668. The lowest BCUT2D eigenvalue weighted by Gasteiger charge is -2.20. The fraction of sp³-hybridized carbons (Fsp3) is 0.600. The van der Waals surface area contributed by atoms with Gasteiger partial charge in [-0.25, -0.2) is 8.42 Å². The van der Waals surface area contributed by atoms with E-state index in [0.717, 1.165) is 4.31 Å². The summed E-state index contributed by atoms with van der Waals surface area (Å²) < 4.78 is 26.0. The second kappa shape index (κ2) is 4.29. The molecule has 4 N–H and O–H groups in total. The number of aliphatic carboxylic acids is 1. The summed E-state index contributed by atoms with van der Waals surface area (Å²) in [6.07, 6.45) is 0.0948. The standard InChI is InChI=1S/C10H16N4O4S/c1-6-8(7(2)13-12-6)19(17,18)14-4-3-10(11,5-14)9(15)16/h3-5,11H2,1-2H3,(H,12,13)(H,15,16). The first kappa shape index (κ1) is 14.0. The van der Waals surface area contributed by atoms with Crippen LogP contribution in [0.25, 0.3) is 0 Å². The number of rotatable bonds is 3. The molecule has 1 atom stereocenters. The van der Waals surface area contributed by atoms with E-state index < -0.39 is 21.5 Å². The molecule has 0 bridgehead atoms. The van der Waals surface area contributed by atoms with Crippen LogP contribution in [0.1, 0.15) is 17.8 Å². The van der Waals surface area contributed by atoms with Gasteiger partial charge in [-0.3, -0.25) is 9.89 Å². The smallest absolute Gasteiger partial charge is 0.325 e. The predicted octanol–water partition coefficient (Wildman–Crippen LogP) is -0.797. The number of nitrogens with zero attached hydrogens (tertiary/aromatic N) is 2. The van der Waals surface area contributed by atoms with Crippen LogP contribution in [0.2, 0.25) is 0 Å². The lowest BCUT2D eigenvalue weighted by molar-refractivity contribution is -0.142. The minimum atomic E-state index is -3.77. The average molecular weight is 288 g/mol. The molecular formula is C10H16N4O4S. The van der Waals surface area contributed by atoms with Gasteiger partial charge in [0.05, 0.1) is 11.4 Å². The molecule has 1 saturated heterocycles.